The lowest BCUT2D eigenvalue weighted by Gasteiger charge is -2.35. The minimum absolute atomic E-state index is 0.161. The monoisotopic (exact) mass is 218 g/mol. The van der Waals surface area contributed by atoms with E-state index in [1.54, 1.807) is 24.5 Å². The molecule has 16 heavy (non-hydrogen) atoms. The molecule has 86 valence electrons. The van der Waals surface area contributed by atoms with Gasteiger partial charge in [-0.2, -0.15) is 0 Å². The highest BCUT2D eigenvalue weighted by atomic mass is 16.2. The third-order valence-corrected chi connectivity index (χ3v) is 3.29. The molecule has 0 aromatic carbocycles. The standard InChI is InChI=1S/C13H18N2O/c1-2-12-5-3-4-10-15(12)13(16)11-6-8-14-9-7-11/h6-9,12H,2-5,10H2,1H3. The van der Waals surface area contributed by atoms with Crippen LogP contribution in [0.15, 0.2) is 24.5 Å². The molecule has 0 radical (unpaired) electrons. The first-order valence-corrected chi connectivity index (χ1v) is 6.04. The fraction of sp³-hybridized carbons (Fsp3) is 0.538. The number of nitrogens with zero attached hydrogens (tertiary/aromatic N) is 2. The van der Waals surface area contributed by atoms with Crippen molar-refractivity contribution in [3.05, 3.63) is 30.1 Å². The van der Waals surface area contributed by atoms with Crippen molar-refractivity contribution in [2.75, 3.05) is 6.54 Å². The SMILES string of the molecule is CCC1CCCCN1C(=O)c1ccncc1. The van der Waals surface area contributed by atoms with E-state index >= 15 is 0 Å². The highest BCUT2D eigenvalue weighted by Gasteiger charge is 2.25. The molecule has 2 heterocycles. The van der Waals surface area contributed by atoms with Crippen molar-refractivity contribution in [3.8, 4) is 0 Å². The molecule has 1 aromatic heterocycles. The zero-order chi connectivity index (χ0) is 11.4. The van der Waals surface area contributed by atoms with Gasteiger partial charge in [0.25, 0.3) is 5.91 Å². The minimum Gasteiger partial charge on any atom is -0.336 e. The summed E-state index contributed by atoms with van der Waals surface area (Å²) in [5.74, 6) is 0.161. The highest BCUT2D eigenvalue weighted by Crippen LogP contribution is 2.21. The van der Waals surface area contributed by atoms with Crippen molar-refractivity contribution in [1.82, 2.24) is 9.88 Å². The van der Waals surface area contributed by atoms with Crippen LogP contribution in [-0.2, 0) is 0 Å². The van der Waals surface area contributed by atoms with E-state index in [2.05, 4.69) is 11.9 Å². The Kier molecular flexibility index (Phi) is 3.54. The van der Waals surface area contributed by atoms with Crippen LogP contribution >= 0.6 is 0 Å². The molecule has 1 amide bonds. The number of carbonyl (C=O) groups excluding carboxylic acids is 1. The van der Waals surface area contributed by atoms with Crippen molar-refractivity contribution in [2.45, 2.75) is 38.6 Å². The summed E-state index contributed by atoms with van der Waals surface area (Å²) in [6.45, 7) is 3.06. The van der Waals surface area contributed by atoms with Gasteiger partial charge in [0, 0.05) is 30.5 Å². The summed E-state index contributed by atoms with van der Waals surface area (Å²) in [6, 6.07) is 4.02. The Bertz CT molecular complexity index is 350. The van der Waals surface area contributed by atoms with Crippen LogP contribution in [0, 0.1) is 0 Å². The lowest BCUT2D eigenvalue weighted by molar-refractivity contribution is 0.0608. The normalized spacial score (nSPS) is 20.8. The average Bonchev–Trinajstić information content (AvgIpc) is 2.39. The van der Waals surface area contributed by atoms with E-state index in [0.29, 0.717) is 6.04 Å². The number of hydrogen-bond donors (Lipinski definition) is 0. The molecule has 0 bridgehead atoms. The Morgan fingerprint density at radius 2 is 2.19 bits per heavy atom. The van der Waals surface area contributed by atoms with E-state index in [1.807, 2.05) is 4.90 Å². The molecule has 1 atom stereocenters. The van der Waals surface area contributed by atoms with Crippen molar-refractivity contribution in [3.63, 3.8) is 0 Å². The van der Waals surface area contributed by atoms with E-state index < -0.39 is 0 Å². The smallest absolute Gasteiger partial charge is 0.254 e. The van der Waals surface area contributed by atoms with Crippen LogP contribution in [0.5, 0.6) is 0 Å². The Hall–Kier alpha value is -1.38. The molecule has 0 spiro atoms. The topological polar surface area (TPSA) is 33.2 Å². The Morgan fingerprint density at radius 1 is 1.44 bits per heavy atom. The van der Waals surface area contributed by atoms with E-state index in [-0.39, 0.29) is 5.91 Å². The van der Waals surface area contributed by atoms with Crippen LogP contribution in [0.1, 0.15) is 43.0 Å². The lowest BCUT2D eigenvalue weighted by atomic mass is 9.99. The average molecular weight is 218 g/mol. The molecule has 0 aliphatic carbocycles. The van der Waals surface area contributed by atoms with Gasteiger partial charge in [0.05, 0.1) is 0 Å². The first-order valence-electron chi connectivity index (χ1n) is 6.04. The molecule has 1 saturated heterocycles. The van der Waals surface area contributed by atoms with Gasteiger partial charge in [-0.1, -0.05) is 6.92 Å². The molecular formula is C13H18N2O. The van der Waals surface area contributed by atoms with Gasteiger partial charge in [0.15, 0.2) is 0 Å². The molecule has 1 aliphatic rings. The van der Waals surface area contributed by atoms with Crippen LogP contribution in [0.25, 0.3) is 0 Å². The molecule has 1 unspecified atom stereocenters. The van der Waals surface area contributed by atoms with Crippen LogP contribution in [0.3, 0.4) is 0 Å². The number of rotatable bonds is 2. The van der Waals surface area contributed by atoms with Gasteiger partial charge < -0.3 is 4.90 Å². The molecule has 0 saturated carbocycles. The van der Waals surface area contributed by atoms with Gasteiger partial charge in [-0.15, -0.1) is 0 Å². The maximum atomic E-state index is 12.3. The van der Waals surface area contributed by atoms with Gasteiger partial charge in [-0.3, -0.25) is 9.78 Å². The molecular weight excluding hydrogens is 200 g/mol. The number of piperidine rings is 1. The number of aromatic nitrogens is 1. The maximum absolute atomic E-state index is 12.3. The summed E-state index contributed by atoms with van der Waals surface area (Å²) in [7, 11) is 0. The Morgan fingerprint density at radius 3 is 2.88 bits per heavy atom. The Balaban J connectivity index is 2.14. The zero-order valence-corrected chi connectivity index (χ0v) is 9.72. The molecule has 3 nitrogen and oxygen atoms in total. The van der Waals surface area contributed by atoms with Crippen molar-refractivity contribution >= 4 is 5.91 Å². The van der Waals surface area contributed by atoms with E-state index in [4.69, 9.17) is 0 Å². The summed E-state index contributed by atoms with van der Waals surface area (Å²) in [5, 5.41) is 0. The third kappa shape index (κ3) is 2.23. The quantitative estimate of drug-likeness (QED) is 0.764. The summed E-state index contributed by atoms with van der Waals surface area (Å²) < 4.78 is 0. The fourth-order valence-corrected chi connectivity index (χ4v) is 2.35. The van der Waals surface area contributed by atoms with Crippen LogP contribution in [0.2, 0.25) is 0 Å². The minimum atomic E-state index is 0.161. The molecule has 2 rings (SSSR count). The van der Waals surface area contributed by atoms with Gasteiger partial charge in [-0.25, -0.2) is 0 Å². The predicted molar refractivity (Wildman–Crippen MR) is 63.2 cm³/mol. The summed E-state index contributed by atoms with van der Waals surface area (Å²) in [5.41, 5.74) is 0.760. The summed E-state index contributed by atoms with van der Waals surface area (Å²) in [4.78, 5) is 18.2. The number of likely N-dealkylation sites (tertiary alicyclic amines) is 1. The summed E-state index contributed by atoms with van der Waals surface area (Å²) >= 11 is 0. The van der Waals surface area contributed by atoms with Gasteiger partial charge in [0.2, 0.25) is 0 Å². The van der Waals surface area contributed by atoms with Crippen LogP contribution in [0.4, 0.5) is 0 Å². The molecule has 1 aromatic rings. The van der Waals surface area contributed by atoms with Crippen molar-refractivity contribution < 1.29 is 4.79 Å². The maximum Gasteiger partial charge on any atom is 0.254 e. The molecule has 3 heteroatoms. The second-order valence-electron chi connectivity index (χ2n) is 4.29. The second-order valence-corrected chi connectivity index (χ2v) is 4.29. The number of amides is 1. The fourth-order valence-electron chi connectivity index (χ4n) is 2.35. The van der Waals surface area contributed by atoms with Crippen LogP contribution in [-0.4, -0.2) is 28.4 Å². The zero-order valence-electron chi connectivity index (χ0n) is 9.72. The molecule has 1 aliphatic heterocycles. The van der Waals surface area contributed by atoms with E-state index in [9.17, 15) is 4.79 Å². The number of pyridine rings is 1. The van der Waals surface area contributed by atoms with E-state index in [0.717, 1.165) is 31.4 Å². The van der Waals surface area contributed by atoms with Gasteiger partial charge >= 0.3 is 0 Å². The third-order valence-electron chi connectivity index (χ3n) is 3.29. The second kappa shape index (κ2) is 5.10. The lowest BCUT2D eigenvalue weighted by Crippen LogP contribution is -2.43. The molecule has 1 fully saturated rings. The molecule has 0 N–H and O–H groups in total. The summed E-state index contributed by atoms with van der Waals surface area (Å²) in [6.07, 6.45) is 7.94. The first kappa shape index (κ1) is 11.1. The van der Waals surface area contributed by atoms with Gasteiger partial charge in [-0.05, 0) is 37.8 Å². The highest BCUT2D eigenvalue weighted by molar-refractivity contribution is 5.94. The first-order chi connectivity index (χ1) is 7.83. The van der Waals surface area contributed by atoms with E-state index in [1.165, 1.54) is 6.42 Å². The number of hydrogen-bond acceptors (Lipinski definition) is 2. The van der Waals surface area contributed by atoms with Gasteiger partial charge in [0.1, 0.15) is 0 Å². The predicted octanol–water partition coefficient (Wildman–Crippen LogP) is 2.49. The largest absolute Gasteiger partial charge is 0.336 e. The number of carbonyl (C=O) groups is 1. The Labute approximate surface area is 96.5 Å². The van der Waals surface area contributed by atoms with Crippen molar-refractivity contribution in [2.24, 2.45) is 0 Å². The van der Waals surface area contributed by atoms with Crippen LogP contribution < -0.4 is 0 Å². The van der Waals surface area contributed by atoms with Crippen molar-refractivity contribution in [1.29, 1.82) is 0 Å².